The van der Waals surface area contributed by atoms with Crippen LogP contribution in [0.1, 0.15) is 32.1 Å². The maximum Gasteiger partial charge on any atom is 0.221 e. The Morgan fingerprint density at radius 1 is 1.39 bits per heavy atom. The topological polar surface area (TPSA) is 47.6 Å². The number of hydrogen-bond acceptors (Lipinski definition) is 4. The predicted octanol–water partition coefficient (Wildman–Crippen LogP) is 1.58. The third-order valence-corrected chi connectivity index (χ3v) is 4.41. The summed E-state index contributed by atoms with van der Waals surface area (Å²) in [5.74, 6) is 1.08. The van der Waals surface area contributed by atoms with Gasteiger partial charge in [-0.1, -0.05) is 0 Å². The number of hydrogen-bond donors (Lipinski definition) is 1. The van der Waals surface area contributed by atoms with E-state index in [2.05, 4.69) is 5.32 Å². The van der Waals surface area contributed by atoms with Gasteiger partial charge in [-0.3, -0.25) is 4.79 Å². The average molecular weight is 273 g/mol. The third-order valence-electron chi connectivity index (χ3n) is 3.80. The molecule has 2 heterocycles. The fraction of sp³-hybridized carbons (Fsp3) is 0.923. The van der Waals surface area contributed by atoms with Crippen molar-refractivity contribution in [1.82, 2.24) is 5.32 Å². The van der Waals surface area contributed by atoms with Crippen molar-refractivity contribution in [3.63, 3.8) is 0 Å². The van der Waals surface area contributed by atoms with Gasteiger partial charge in [-0.2, -0.15) is 11.8 Å². The lowest BCUT2D eigenvalue weighted by atomic mass is 9.84. The smallest absolute Gasteiger partial charge is 0.221 e. The second kappa shape index (κ2) is 6.78. The predicted molar refractivity (Wildman–Crippen MR) is 72.9 cm³/mol. The van der Waals surface area contributed by atoms with Crippen LogP contribution in [0.25, 0.3) is 0 Å². The van der Waals surface area contributed by atoms with Gasteiger partial charge < -0.3 is 14.8 Å². The molecule has 2 saturated heterocycles. The fourth-order valence-corrected chi connectivity index (χ4v) is 3.13. The largest absolute Gasteiger partial charge is 0.381 e. The summed E-state index contributed by atoms with van der Waals surface area (Å²) in [7, 11) is 0. The van der Waals surface area contributed by atoms with Gasteiger partial charge in [0.15, 0.2) is 0 Å². The lowest BCUT2D eigenvalue weighted by Gasteiger charge is -2.43. The van der Waals surface area contributed by atoms with Crippen molar-refractivity contribution in [2.75, 3.05) is 31.8 Å². The number of amides is 1. The van der Waals surface area contributed by atoms with E-state index in [-0.39, 0.29) is 17.6 Å². The normalized spacial score (nSPS) is 27.1. The van der Waals surface area contributed by atoms with Gasteiger partial charge in [0.05, 0.1) is 5.60 Å². The fourth-order valence-electron chi connectivity index (χ4n) is 2.74. The first-order valence-electron chi connectivity index (χ1n) is 6.74. The second-order valence-electron chi connectivity index (χ2n) is 5.14. The summed E-state index contributed by atoms with van der Waals surface area (Å²) in [5, 5.41) is 3.15. The SMILES string of the molecule is CSCCC(=O)NC1CCOC2(CCOCC2)C1. The minimum atomic E-state index is -0.0338. The molecule has 0 saturated carbocycles. The molecule has 0 aromatic rings. The van der Waals surface area contributed by atoms with E-state index in [4.69, 9.17) is 9.47 Å². The van der Waals surface area contributed by atoms with Crippen LogP contribution >= 0.6 is 11.8 Å². The van der Waals surface area contributed by atoms with E-state index in [0.29, 0.717) is 6.42 Å². The van der Waals surface area contributed by atoms with Crippen LogP contribution in [0.3, 0.4) is 0 Å². The Morgan fingerprint density at radius 2 is 2.17 bits per heavy atom. The third kappa shape index (κ3) is 3.87. The highest BCUT2D eigenvalue weighted by molar-refractivity contribution is 7.98. The van der Waals surface area contributed by atoms with Gasteiger partial charge in [0, 0.05) is 38.0 Å². The molecule has 18 heavy (non-hydrogen) atoms. The van der Waals surface area contributed by atoms with Crippen LogP contribution in [0, 0.1) is 0 Å². The van der Waals surface area contributed by atoms with E-state index in [9.17, 15) is 4.79 Å². The molecule has 2 rings (SSSR count). The van der Waals surface area contributed by atoms with E-state index < -0.39 is 0 Å². The molecule has 0 aromatic carbocycles. The number of nitrogens with one attached hydrogen (secondary N) is 1. The summed E-state index contributed by atoms with van der Waals surface area (Å²) in [5.41, 5.74) is -0.0338. The van der Waals surface area contributed by atoms with Crippen molar-refractivity contribution in [2.24, 2.45) is 0 Å². The van der Waals surface area contributed by atoms with E-state index in [1.165, 1.54) is 0 Å². The highest BCUT2D eigenvalue weighted by Gasteiger charge is 2.39. The Bertz CT molecular complexity index is 274. The number of thioether (sulfide) groups is 1. The molecule has 0 radical (unpaired) electrons. The Kier molecular flexibility index (Phi) is 5.33. The zero-order chi connectivity index (χ0) is 12.8. The zero-order valence-electron chi connectivity index (χ0n) is 11.1. The molecule has 0 aromatic heterocycles. The number of rotatable bonds is 4. The van der Waals surface area contributed by atoms with Crippen molar-refractivity contribution in [3.8, 4) is 0 Å². The standard InChI is InChI=1S/C13H23NO3S/c1-18-9-3-12(15)14-11-2-6-17-13(10-11)4-7-16-8-5-13/h11H,2-10H2,1H3,(H,14,15). The molecule has 2 aliphatic heterocycles. The first-order valence-corrected chi connectivity index (χ1v) is 8.13. The molecule has 0 bridgehead atoms. The summed E-state index contributed by atoms with van der Waals surface area (Å²) in [4.78, 5) is 11.8. The van der Waals surface area contributed by atoms with Crippen molar-refractivity contribution in [1.29, 1.82) is 0 Å². The van der Waals surface area contributed by atoms with Crippen molar-refractivity contribution >= 4 is 17.7 Å². The van der Waals surface area contributed by atoms with Crippen LogP contribution in [-0.4, -0.2) is 49.4 Å². The number of carbonyl (C=O) groups excluding carboxylic acids is 1. The van der Waals surface area contributed by atoms with Gasteiger partial charge in [0.25, 0.3) is 0 Å². The van der Waals surface area contributed by atoms with Gasteiger partial charge in [-0.25, -0.2) is 0 Å². The maximum atomic E-state index is 11.8. The first-order chi connectivity index (χ1) is 8.74. The summed E-state index contributed by atoms with van der Waals surface area (Å²) in [6.07, 6.45) is 6.46. The monoisotopic (exact) mass is 273 g/mol. The molecule has 5 heteroatoms. The van der Waals surface area contributed by atoms with Crippen LogP contribution in [0.5, 0.6) is 0 Å². The highest BCUT2D eigenvalue weighted by atomic mass is 32.2. The van der Waals surface area contributed by atoms with Gasteiger partial charge in [-0.05, 0) is 31.9 Å². The van der Waals surface area contributed by atoms with E-state index in [1.54, 1.807) is 11.8 Å². The van der Waals surface area contributed by atoms with E-state index in [0.717, 1.165) is 51.3 Å². The maximum absolute atomic E-state index is 11.8. The number of carbonyl (C=O) groups is 1. The van der Waals surface area contributed by atoms with Crippen LogP contribution in [0.2, 0.25) is 0 Å². The molecule has 1 unspecified atom stereocenters. The van der Waals surface area contributed by atoms with Crippen LogP contribution < -0.4 is 5.32 Å². The van der Waals surface area contributed by atoms with Crippen LogP contribution in [-0.2, 0) is 14.3 Å². The number of ether oxygens (including phenoxy) is 2. The van der Waals surface area contributed by atoms with Crippen molar-refractivity contribution in [3.05, 3.63) is 0 Å². The molecule has 1 N–H and O–H groups in total. The van der Waals surface area contributed by atoms with Crippen LogP contribution in [0.15, 0.2) is 0 Å². The summed E-state index contributed by atoms with van der Waals surface area (Å²) in [6.45, 7) is 2.33. The molecule has 1 amide bonds. The molecule has 2 aliphatic rings. The van der Waals surface area contributed by atoms with Crippen LogP contribution in [0.4, 0.5) is 0 Å². The summed E-state index contributed by atoms with van der Waals surface area (Å²) in [6, 6.07) is 0.284. The minimum absolute atomic E-state index is 0.0338. The van der Waals surface area contributed by atoms with Gasteiger partial charge >= 0.3 is 0 Å². The molecule has 0 aliphatic carbocycles. The van der Waals surface area contributed by atoms with E-state index in [1.807, 2.05) is 6.26 Å². The molecule has 4 nitrogen and oxygen atoms in total. The molecular weight excluding hydrogens is 250 g/mol. The van der Waals surface area contributed by atoms with Crippen molar-refractivity contribution in [2.45, 2.75) is 43.7 Å². The second-order valence-corrected chi connectivity index (χ2v) is 6.13. The van der Waals surface area contributed by atoms with Gasteiger partial charge in [0.1, 0.15) is 0 Å². The van der Waals surface area contributed by atoms with Crippen molar-refractivity contribution < 1.29 is 14.3 Å². The lowest BCUT2D eigenvalue weighted by molar-refractivity contribution is -0.143. The summed E-state index contributed by atoms with van der Waals surface area (Å²) >= 11 is 1.71. The highest BCUT2D eigenvalue weighted by Crippen LogP contribution is 2.34. The van der Waals surface area contributed by atoms with Gasteiger partial charge in [-0.15, -0.1) is 0 Å². The molecule has 104 valence electrons. The van der Waals surface area contributed by atoms with E-state index >= 15 is 0 Å². The Hall–Kier alpha value is -0.260. The quantitative estimate of drug-likeness (QED) is 0.845. The molecule has 1 spiro atoms. The molecule has 2 fully saturated rings. The zero-order valence-corrected chi connectivity index (χ0v) is 11.9. The Labute approximate surface area is 113 Å². The Morgan fingerprint density at radius 3 is 2.89 bits per heavy atom. The molecular formula is C13H23NO3S. The van der Waals surface area contributed by atoms with Gasteiger partial charge in [0.2, 0.25) is 5.91 Å². The summed E-state index contributed by atoms with van der Waals surface area (Å²) < 4.78 is 11.4. The lowest BCUT2D eigenvalue weighted by Crippen LogP contribution is -2.51. The average Bonchev–Trinajstić information content (AvgIpc) is 2.37. The minimum Gasteiger partial charge on any atom is -0.381 e. The molecule has 1 atom stereocenters. The first kappa shape index (κ1) is 14.2. The Balaban J connectivity index is 1.80.